The first kappa shape index (κ1) is 10.6. The molecule has 6 heteroatoms. The fraction of sp³-hybridized carbons (Fsp3) is 0. The molecule has 16 heavy (non-hydrogen) atoms. The van der Waals surface area contributed by atoms with Crippen molar-refractivity contribution in [3.05, 3.63) is 42.6 Å². The summed E-state index contributed by atoms with van der Waals surface area (Å²) in [7, 11) is -3.54. The Kier molecular flexibility index (Phi) is 2.57. The summed E-state index contributed by atoms with van der Waals surface area (Å²) in [6.45, 7) is 0. The minimum atomic E-state index is -3.54. The SMILES string of the molecule is Nc1ccc(S(=O)(=O)Nc2ccc[nH]2)cc1. The Labute approximate surface area is 93.3 Å². The van der Waals surface area contributed by atoms with Gasteiger partial charge in [-0.2, -0.15) is 0 Å². The van der Waals surface area contributed by atoms with E-state index in [0.717, 1.165) is 0 Å². The molecule has 0 spiro atoms. The van der Waals surface area contributed by atoms with Crippen molar-refractivity contribution in [2.75, 3.05) is 10.5 Å². The molecule has 0 fully saturated rings. The van der Waals surface area contributed by atoms with Crippen LogP contribution in [-0.2, 0) is 10.0 Å². The van der Waals surface area contributed by atoms with E-state index in [1.165, 1.54) is 12.1 Å². The van der Waals surface area contributed by atoms with Crippen LogP contribution in [0.1, 0.15) is 0 Å². The summed E-state index contributed by atoms with van der Waals surface area (Å²) in [5.41, 5.74) is 6.01. The van der Waals surface area contributed by atoms with E-state index >= 15 is 0 Å². The van der Waals surface area contributed by atoms with Crippen molar-refractivity contribution in [1.29, 1.82) is 0 Å². The van der Waals surface area contributed by atoms with Crippen molar-refractivity contribution in [3.63, 3.8) is 0 Å². The van der Waals surface area contributed by atoms with Crippen LogP contribution in [0.2, 0.25) is 0 Å². The van der Waals surface area contributed by atoms with Gasteiger partial charge in [0, 0.05) is 11.9 Å². The van der Waals surface area contributed by atoms with E-state index in [1.54, 1.807) is 30.5 Å². The average molecular weight is 237 g/mol. The molecule has 4 N–H and O–H groups in total. The molecule has 1 aromatic carbocycles. The van der Waals surface area contributed by atoms with E-state index in [0.29, 0.717) is 11.5 Å². The minimum absolute atomic E-state index is 0.177. The maximum absolute atomic E-state index is 11.8. The molecule has 0 saturated heterocycles. The first-order chi connectivity index (χ1) is 7.58. The number of hydrogen-bond acceptors (Lipinski definition) is 3. The number of rotatable bonds is 3. The topological polar surface area (TPSA) is 88.0 Å². The van der Waals surface area contributed by atoms with Crippen molar-refractivity contribution in [1.82, 2.24) is 4.98 Å². The van der Waals surface area contributed by atoms with Crippen LogP contribution in [0.5, 0.6) is 0 Å². The smallest absolute Gasteiger partial charge is 0.262 e. The Balaban J connectivity index is 2.29. The summed E-state index contributed by atoms with van der Waals surface area (Å²) in [5.74, 6) is 0.428. The van der Waals surface area contributed by atoms with Crippen LogP contribution in [-0.4, -0.2) is 13.4 Å². The van der Waals surface area contributed by atoms with Gasteiger partial charge in [0.2, 0.25) is 0 Å². The standard InChI is InChI=1S/C10H11N3O2S/c11-8-3-5-9(6-4-8)16(14,15)13-10-2-1-7-12-10/h1-7,12-13H,11H2. The van der Waals surface area contributed by atoms with Crippen LogP contribution in [0, 0.1) is 0 Å². The molecular formula is C10H11N3O2S. The monoisotopic (exact) mass is 237 g/mol. The predicted octanol–water partition coefficient (Wildman–Crippen LogP) is 1.40. The molecule has 1 aromatic heterocycles. The molecule has 0 aliphatic rings. The summed E-state index contributed by atoms with van der Waals surface area (Å²) in [4.78, 5) is 2.94. The van der Waals surface area contributed by atoms with Gasteiger partial charge in [0.15, 0.2) is 0 Å². The number of benzene rings is 1. The van der Waals surface area contributed by atoms with Crippen LogP contribution >= 0.6 is 0 Å². The van der Waals surface area contributed by atoms with E-state index < -0.39 is 10.0 Å². The second kappa shape index (κ2) is 3.90. The number of aromatic nitrogens is 1. The highest BCUT2D eigenvalue weighted by Crippen LogP contribution is 2.15. The molecule has 0 aliphatic heterocycles. The van der Waals surface area contributed by atoms with Crippen molar-refractivity contribution >= 4 is 21.5 Å². The number of hydrogen-bond donors (Lipinski definition) is 3. The molecule has 0 radical (unpaired) electrons. The lowest BCUT2D eigenvalue weighted by molar-refractivity contribution is 0.601. The summed E-state index contributed by atoms with van der Waals surface area (Å²) < 4.78 is 26.1. The lowest BCUT2D eigenvalue weighted by Gasteiger charge is -2.06. The molecule has 2 rings (SSSR count). The number of aromatic amines is 1. The zero-order valence-electron chi connectivity index (χ0n) is 8.34. The minimum Gasteiger partial charge on any atom is -0.399 e. The van der Waals surface area contributed by atoms with Crippen LogP contribution in [0.3, 0.4) is 0 Å². The second-order valence-corrected chi connectivity index (χ2v) is 4.94. The Morgan fingerprint density at radius 1 is 1.12 bits per heavy atom. The van der Waals surface area contributed by atoms with E-state index in [9.17, 15) is 8.42 Å². The molecule has 1 heterocycles. The van der Waals surface area contributed by atoms with Gasteiger partial charge in [-0.3, -0.25) is 4.72 Å². The zero-order chi connectivity index (χ0) is 11.6. The van der Waals surface area contributed by atoms with Crippen molar-refractivity contribution < 1.29 is 8.42 Å². The summed E-state index contributed by atoms with van der Waals surface area (Å²) in [6, 6.07) is 9.35. The number of nitrogens with one attached hydrogen (secondary N) is 2. The highest BCUT2D eigenvalue weighted by molar-refractivity contribution is 7.92. The fourth-order valence-corrected chi connectivity index (χ4v) is 2.27. The number of nitrogens with two attached hydrogens (primary N) is 1. The quantitative estimate of drug-likeness (QED) is 0.705. The van der Waals surface area contributed by atoms with E-state index in [1.807, 2.05) is 0 Å². The van der Waals surface area contributed by atoms with Crippen LogP contribution in [0.4, 0.5) is 11.5 Å². The van der Waals surface area contributed by atoms with Crippen LogP contribution < -0.4 is 10.5 Å². The van der Waals surface area contributed by atoms with E-state index in [4.69, 9.17) is 5.73 Å². The molecule has 0 atom stereocenters. The Hall–Kier alpha value is -1.95. The van der Waals surface area contributed by atoms with Gasteiger partial charge < -0.3 is 10.7 Å². The number of anilines is 2. The summed E-state index contributed by atoms with van der Waals surface area (Å²) in [6.07, 6.45) is 1.64. The van der Waals surface area contributed by atoms with Gasteiger partial charge in [0.05, 0.1) is 4.90 Å². The number of H-pyrrole nitrogens is 1. The van der Waals surface area contributed by atoms with E-state index in [-0.39, 0.29) is 4.90 Å². The van der Waals surface area contributed by atoms with Crippen molar-refractivity contribution in [3.8, 4) is 0 Å². The van der Waals surface area contributed by atoms with Gasteiger partial charge in [0.1, 0.15) is 5.82 Å². The lowest BCUT2D eigenvalue weighted by atomic mass is 10.3. The highest BCUT2D eigenvalue weighted by atomic mass is 32.2. The Morgan fingerprint density at radius 3 is 2.38 bits per heavy atom. The summed E-state index contributed by atoms with van der Waals surface area (Å²) in [5, 5.41) is 0. The lowest BCUT2D eigenvalue weighted by Crippen LogP contribution is -2.13. The molecule has 84 valence electrons. The maximum atomic E-state index is 11.8. The molecule has 0 amide bonds. The Morgan fingerprint density at radius 2 is 1.81 bits per heavy atom. The van der Waals surface area contributed by atoms with Gasteiger partial charge in [0.25, 0.3) is 10.0 Å². The fourth-order valence-electron chi connectivity index (χ4n) is 1.24. The maximum Gasteiger partial charge on any atom is 0.262 e. The largest absolute Gasteiger partial charge is 0.399 e. The third kappa shape index (κ3) is 2.17. The normalized spacial score (nSPS) is 11.2. The van der Waals surface area contributed by atoms with E-state index in [2.05, 4.69) is 9.71 Å². The van der Waals surface area contributed by atoms with Crippen LogP contribution in [0.15, 0.2) is 47.5 Å². The third-order valence-electron chi connectivity index (χ3n) is 2.03. The van der Waals surface area contributed by atoms with Gasteiger partial charge >= 0.3 is 0 Å². The molecule has 0 aliphatic carbocycles. The average Bonchev–Trinajstić information content (AvgIpc) is 2.70. The molecule has 0 bridgehead atoms. The first-order valence-electron chi connectivity index (χ1n) is 4.60. The molecule has 2 aromatic rings. The third-order valence-corrected chi connectivity index (χ3v) is 3.41. The first-order valence-corrected chi connectivity index (χ1v) is 6.08. The van der Waals surface area contributed by atoms with Crippen LogP contribution in [0.25, 0.3) is 0 Å². The van der Waals surface area contributed by atoms with Gasteiger partial charge in [-0.05, 0) is 36.4 Å². The van der Waals surface area contributed by atoms with Gasteiger partial charge in [-0.25, -0.2) is 8.42 Å². The van der Waals surface area contributed by atoms with Crippen molar-refractivity contribution in [2.24, 2.45) is 0 Å². The zero-order valence-corrected chi connectivity index (χ0v) is 9.16. The molecule has 5 nitrogen and oxygen atoms in total. The van der Waals surface area contributed by atoms with Gasteiger partial charge in [-0.1, -0.05) is 0 Å². The molecular weight excluding hydrogens is 226 g/mol. The Bertz CT molecular complexity index is 559. The van der Waals surface area contributed by atoms with Gasteiger partial charge in [-0.15, -0.1) is 0 Å². The second-order valence-electron chi connectivity index (χ2n) is 3.26. The molecule has 0 unspecified atom stereocenters. The number of sulfonamides is 1. The molecule has 0 saturated carbocycles. The summed E-state index contributed by atoms with van der Waals surface area (Å²) >= 11 is 0. The predicted molar refractivity (Wildman–Crippen MR) is 62.5 cm³/mol. The van der Waals surface area contributed by atoms with Crippen molar-refractivity contribution in [2.45, 2.75) is 4.90 Å². The number of nitrogen functional groups attached to an aromatic ring is 1. The highest BCUT2D eigenvalue weighted by Gasteiger charge is 2.13.